The van der Waals surface area contributed by atoms with E-state index < -0.39 is 0 Å². The summed E-state index contributed by atoms with van der Waals surface area (Å²) in [6.45, 7) is 5.32. The first-order chi connectivity index (χ1) is 9.11. The summed E-state index contributed by atoms with van der Waals surface area (Å²) in [4.78, 5) is 2.95. The number of halogens is 1. The van der Waals surface area contributed by atoms with Gasteiger partial charge in [-0.3, -0.25) is 4.90 Å². The fraction of sp³-hybridized carbons (Fsp3) is 0.500. The minimum atomic E-state index is 0.429. The zero-order chi connectivity index (χ0) is 13.8. The van der Waals surface area contributed by atoms with Crippen LogP contribution in [0, 0.1) is 0 Å². The van der Waals surface area contributed by atoms with Gasteiger partial charge in [0.05, 0.1) is 0 Å². The predicted octanol–water partition coefficient (Wildman–Crippen LogP) is 2.98. The van der Waals surface area contributed by atoms with Crippen molar-refractivity contribution in [2.24, 2.45) is 5.73 Å². The van der Waals surface area contributed by atoms with Gasteiger partial charge in [-0.1, -0.05) is 35.1 Å². The average molecular weight is 342 g/mol. The number of thiocarbonyl (C=S) groups is 1. The van der Waals surface area contributed by atoms with E-state index >= 15 is 0 Å². The summed E-state index contributed by atoms with van der Waals surface area (Å²) < 4.78 is 0.994. The van der Waals surface area contributed by atoms with Gasteiger partial charge in [0.1, 0.15) is 4.99 Å². The van der Waals surface area contributed by atoms with Gasteiger partial charge in [0.15, 0.2) is 0 Å². The number of nitrogens with zero attached hydrogens (tertiary/aromatic N) is 1. The highest BCUT2D eigenvalue weighted by Crippen LogP contribution is 2.26. The van der Waals surface area contributed by atoms with Gasteiger partial charge in [-0.05, 0) is 37.6 Å². The van der Waals surface area contributed by atoms with Crippen LogP contribution < -0.4 is 11.1 Å². The summed E-state index contributed by atoms with van der Waals surface area (Å²) in [7, 11) is 0. The maximum Gasteiger partial charge on any atom is 0.106 e. The maximum absolute atomic E-state index is 5.76. The van der Waals surface area contributed by atoms with Gasteiger partial charge in [-0.2, -0.15) is 0 Å². The first-order valence-corrected chi connectivity index (χ1v) is 7.89. The van der Waals surface area contributed by atoms with Crippen LogP contribution in [0.15, 0.2) is 22.7 Å². The summed E-state index contributed by atoms with van der Waals surface area (Å²) in [6, 6.07) is 6.80. The van der Waals surface area contributed by atoms with Crippen molar-refractivity contribution in [1.82, 2.24) is 4.90 Å². The van der Waals surface area contributed by atoms with Crippen LogP contribution in [0.5, 0.6) is 0 Å². The molecule has 1 aliphatic carbocycles. The van der Waals surface area contributed by atoms with Crippen molar-refractivity contribution < 1.29 is 0 Å². The second-order valence-corrected chi connectivity index (χ2v) is 6.20. The molecule has 2 rings (SSSR count). The summed E-state index contributed by atoms with van der Waals surface area (Å²) in [5, 5.41) is 3.44. The second kappa shape index (κ2) is 6.68. The highest BCUT2D eigenvalue weighted by Gasteiger charge is 2.27. The minimum absolute atomic E-state index is 0.429. The largest absolute Gasteiger partial charge is 0.389 e. The van der Waals surface area contributed by atoms with E-state index in [9.17, 15) is 0 Å². The van der Waals surface area contributed by atoms with Crippen LogP contribution in [0.4, 0.5) is 5.69 Å². The van der Waals surface area contributed by atoms with Crippen LogP contribution in [-0.4, -0.2) is 35.6 Å². The third kappa shape index (κ3) is 4.16. The number of anilines is 1. The first-order valence-electron chi connectivity index (χ1n) is 6.69. The smallest absolute Gasteiger partial charge is 0.106 e. The molecule has 5 heteroatoms. The topological polar surface area (TPSA) is 41.3 Å². The molecule has 19 heavy (non-hydrogen) atoms. The molecular weight excluding hydrogens is 322 g/mol. The average Bonchev–Trinajstić information content (AvgIpc) is 3.20. The van der Waals surface area contributed by atoms with E-state index in [1.165, 1.54) is 12.8 Å². The molecule has 104 valence electrons. The number of likely N-dealkylation sites (N-methyl/N-ethyl adjacent to an activating group) is 1. The van der Waals surface area contributed by atoms with E-state index in [-0.39, 0.29) is 0 Å². The zero-order valence-corrected chi connectivity index (χ0v) is 13.6. The lowest BCUT2D eigenvalue weighted by Crippen LogP contribution is -2.31. The fourth-order valence-electron chi connectivity index (χ4n) is 2.25. The SMILES string of the molecule is CCN(CCNc1ccc(Br)cc1C(N)=S)C1CC1. The van der Waals surface area contributed by atoms with Crippen LogP contribution in [0.1, 0.15) is 25.3 Å². The highest BCUT2D eigenvalue weighted by atomic mass is 79.9. The molecule has 1 aromatic carbocycles. The van der Waals surface area contributed by atoms with E-state index in [2.05, 4.69) is 33.1 Å². The normalized spacial score (nSPS) is 14.7. The van der Waals surface area contributed by atoms with Crippen LogP contribution in [-0.2, 0) is 0 Å². The molecule has 3 N–H and O–H groups in total. The Morgan fingerprint density at radius 2 is 2.26 bits per heavy atom. The molecule has 1 fully saturated rings. The Bertz CT molecular complexity index is 460. The Kier molecular flexibility index (Phi) is 5.19. The van der Waals surface area contributed by atoms with Gasteiger partial charge in [0.25, 0.3) is 0 Å². The monoisotopic (exact) mass is 341 g/mol. The molecule has 1 aromatic rings. The standard InChI is InChI=1S/C14H20BrN3S/c1-2-18(11-4-5-11)8-7-17-13-6-3-10(15)9-12(13)14(16)19/h3,6,9,11,17H,2,4-5,7-8H2,1H3,(H2,16,19). The van der Waals surface area contributed by atoms with Gasteiger partial charge < -0.3 is 11.1 Å². The molecule has 0 saturated heterocycles. The number of nitrogens with one attached hydrogen (secondary N) is 1. The summed E-state index contributed by atoms with van der Waals surface area (Å²) in [5.41, 5.74) is 7.68. The van der Waals surface area contributed by atoms with Crippen molar-refractivity contribution in [3.63, 3.8) is 0 Å². The Hall–Kier alpha value is -0.650. The van der Waals surface area contributed by atoms with Crippen molar-refractivity contribution in [1.29, 1.82) is 0 Å². The van der Waals surface area contributed by atoms with Crippen molar-refractivity contribution in [3.05, 3.63) is 28.2 Å². The van der Waals surface area contributed by atoms with Crippen molar-refractivity contribution >= 4 is 38.8 Å². The van der Waals surface area contributed by atoms with Crippen molar-refractivity contribution in [2.45, 2.75) is 25.8 Å². The molecule has 0 aliphatic heterocycles. The molecule has 0 heterocycles. The maximum atomic E-state index is 5.76. The van der Waals surface area contributed by atoms with Crippen molar-refractivity contribution in [3.8, 4) is 0 Å². The molecular formula is C14H20BrN3S. The van der Waals surface area contributed by atoms with Crippen LogP contribution >= 0.6 is 28.1 Å². The zero-order valence-electron chi connectivity index (χ0n) is 11.2. The van der Waals surface area contributed by atoms with E-state index in [1.807, 2.05) is 18.2 Å². The summed E-state index contributed by atoms with van der Waals surface area (Å²) in [6.07, 6.45) is 2.70. The molecule has 0 amide bonds. The number of nitrogens with two attached hydrogens (primary N) is 1. The molecule has 0 spiro atoms. The third-order valence-electron chi connectivity index (χ3n) is 3.43. The number of hydrogen-bond acceptors (Lipinski definition) is 3. The van der Waals surface area contributed by atoms with Crippen LogP contribution in [0.2, 0.25) is 0 Å². The number of hydrogen-bond donors (Lipinski definition) is 2. The van der Waals surface area contributed by atoms with E-state index in [4.69, 9.17) is 18.0 Å². The molecule has 0 aromatic heterocycles. The molecule has 0 bridgehead atoms. The number of benzene rings is 1. The lowest BCUT2D eigenvalue weighted by Gasteiger charge is -2.20. The highest BCUT2D eigenvalue weighted by molar-refractivity contribution is 9.10. The Balaban J connectivity index is 1.93. The Morgan fingerprint density at radius 1 is 1.53 bits per heavy atom. The fourth-order valence-corrected chi connectivity index (χ4v) is 2.78. The second-order valence-electron chi connectivity index (χ2n) is 4.84. The van der Waals surface area contributed by atoms with Gasteiger partial charge in [0, 0.05) is 34.9 Å². The molecule has 1 saturated carbocycles. The molecule has 0 unspecified atom stereocenters. The minimum Gasteiger partial charge on any atom is -0.389 e. The van der Waals surface area contributed by atoms with Gasteiger partial charge in [-0.15, -0.1) is 0 Å². The van der Waals surface area contributed by atoms with Gasteiger partial charge >= 0.3 is 0 Å². The summed E-state index contributed by atoms with van der Waals surface area (Å²) in [5.74, 6) is 0. The Labute approximate surface area is 128 Å². The lowest BCUT2D eigenvalue weighted by atomic mass is 10.2. The first kappa shape index (κ1) is 14.8. The Morgan fingerprint density at radius 3 is 2.84 bits per heavy atom. The third-order valence-corrected chi connectivity index (χ3v) is 4.14. The van der Waals surface area contributed by atoms with Crippen molar-refractivity contribution in [2.75, 3.05) is 25.0 Å². The number of rotatable bonds is 7. The van der Waals surface area contributed by atoms with Gasteiger partial charge in [-0.25, -0.2) is 0 Å². The summed E-state index contributed by atoms with van der Waals surface area (Å²) >= 11 is 8.54. The van der Waals surface area contributed by atoms with Crippen LogP contribution in [0.25, 0.3) is 0 Å². The molecule has 0 atom stereocenters. The van der Waals surface area contributed by atoms with E-state index in [0.29, 0.717) is 4.99 Å². The molecule has 0 radical (unpaired) electrons. The van der Waals surface area contributed by atoms with E-state index in [0.717, 1.165) is 41.4 Å². The van der Waals surface area contributed by atoms with Gasteiger partial charge in [0.2, 0.25) is 0 Å². The van der Waals surface area contributed by atoms with Crippen LogP contribution in [0.3, 0.4) is 0 Å². The predicted molar refractivity (Wildman–Crippen MR) is 88.8 cm³/mol. The van der Waals surface area contributed by atoms with E-state index in [1.54, 1.807) is 0 Å². The quantitative estimate of drug-likeness (QED) is 0.748. The molecule has 1 aliphatic rings. The molecule has 3 nitrogen and oxygen atoms in total. The lowest BCUT2D eigenvalue weighted by molar-refractivity contribution is 0.289.